The number of nitrogens with one attached hydrogen (secondary N) is 1. The summed E-state index contributed by atoms with van der Waals surface area (Å²) >= 11 is 0. The van der Waals surface area contributed by atoms with Crippen molar-refractivity contribution in [2.45, 2.75) is 45.8 Å². The molecule has 116 valence electrons. The summed E-state index contributed by atoms with van der Waals surface area (Å²) in [5, 5.41) is 11.5. The largest absolute Gasteiger partial charge is 0.444 e. The monoisotopic (exact) mass is 286 g/mol. The van der Waals surface area contributed by atoms with Crippen molar-refractivity contribution in [3.63, 3.8) is 0 Å². The fourth-order valence-corrected chi connectivity index (χ4v) is 1.52. The summed E-state index contributed by atoms with van der Waals surface area (Å²) in [6.45, 7) is 11.0. The molecule has 0 radical (unpaired) electrons. The lowest BCUT2D eigenvalue weighted by Crippen LogP contribution is -2.49. The second kappa shape index (κ2) is 8.58. The Balaban J connectivity index is 4.48. The van der Waals surface area contributed by atoms with Crippen LogP contribution in [0.15, 0.2) is 12.7 Å². The lowest BCUT2D eigenvalue weighted by Gasteiger charge is -2.26. The molecule has 0 aliphatic heterocycles. The predicted octanol–water partition coefficient (Wildman–Crippen LogP) is 1.30. The lowest BCUT2D eigenvalue weighted by atomic mass is 10.2. The van der Waals surface area contributed by atoms with Crippen LogP contribution in [0.3, 0.4) is 0 Å². The third-order valence-electron chi connectivity index (χ3n) is 2.39. The van der Waals surface area contributed by atoms with Gasteiger partial charge in [0.1, 0.15) is 11.6 Å². The number of carbonyl (C=O) groups excluding carboxylic acids is 2. The molecule has 0 aromatic rings. The summed E-state index contributed by atoms with van der Waals surface area (Å²) in [7, 11) is 0. The van der Waals surface area contributed by atoms with E-state index < -0.39 is 17.7 Å². The minimum atomic E-state index is -0.707. The van der Waals surface area contributed by atoms with Gasteiger partial charge in [-0.05, 0) is 34.1 Å². The minimum absolute atomic E-state index is 0.123. The molecule has 0 bridgehead atoms. The Labute approximate surface area is 120 Å². The fraction of sp³-hybridized carbons (Fsp3) is 0.714. The van der Waals surface area contributed by atoms with Gasteiger partial charge in [0.15, 0.2) is 0 Å². The van der Waals surface area contributed by atoms with Crippen LogP contribution in [0, 0.1) is 0 Å². The highest BCUT2D eigenvalue weighted by Gasteiger charge is 2.24. The Morgan fingerprint density at radius 3 is 2.45 bits per heavy atom. The standard InChI is InChI=1S/C14H26N2O4/c1-6-7-8-16(9-10-17)12(18)11(2)15-13(19)20-14(3,4)5/h6,11,17H,1,7-10H2,2-5H3,(H,15,19)/t11-/m0/s1. The SMILES string of the molecule is C=CCCN(CCO)C(=O)[C@H](C)NC(=O)OC(C)(C)C. The molecule has 6 nitrogen and oxygen atoms in total. The molecule has 0 heterocycles. The van der Waals surface area contributed by atoms with E-state index in [9.17, 15) is 9.59 Å². The normalized spacial score (nSPS) is 12.4. The van der Waals surface area contributed by atoms with E-state index in [2.05, 4.69) is 11.9 Å². The van der Waals surface area contributed by atoms with Gasteiger partial charge >= 0.3 is 6.09 Å². The third-order valence-corrected chi connectivity index (χ3v) is 2.39. The average molecular weight is 286 g/mol. The number of aliphatic hydroxyl groups is 1. The number of hydrogen-bond donors (Lipinski definition) is 2. The molecule has 0 spiro atoms. The Morgan fingerprint density at radius 1 is 1.40 bits per heavy atom. The first-order valence-electron chi connectivity index (χ1n) is 6.71. The van der Waals surface area contributed by atoms with Crippen molar-refractivity contribution in [2.75, 3.05) is 19.7 Å². The molecular formula is C14H26N2O4. The van der Waals surface area contributed by atoms with E-state index in [1.165, 1.54) is 4.90 Å². The van der Waals surface area contributed by atoms with Crippen molar-refractivity contribution in [3.8, 4) is 0 Å². The Hall–Kier alpha value is -1.56. The highest BCUT2D eigenvalue weighted by Crippen LogP contribution is 2.07. The van der Waals surface area contributed by atoms with Gasteiger partial charge in [-0.3, -0.25) is 4.79 Å². The zero-order valence-corrected chi connectivity index (χ0v) is 12.8. The molecule has 0 aliphatic carbocycles. The quantitative estimate of drug-likeness (QED) is 0.691. The molecule has 0 saturated carbocycles. The van der Waals surface area contributed by atoms with Crippen LogP contribution in [0.1, 0.15) is 34.1 Å². The number of carbonyl (C=O) groups is 2. The van der Waals surface area contributed by atoms with Gasteiger partial charge in [-0.25, -0.2) is 4.79 Å². The molecule has 0 saturated heterocycles. The van der Waals surface area contributed by atoms with Crippen molar-refractivity contribution < 1.29 is 19.4 Å². The van der Waals surface area contributed by atoms with Gasteiger partial charge in [0.05, 0.1) is 6.61 Å². The van der Waals surface area contributed by atoms with E-state index in [1.54, 1.807) is 33.8 Å². The second-order valence-electron chi connectivity index (χ2n) is 5.49. The number of nitrogens with zero attached hydrogens (tertiary/aromatic N) is 1. The Morgan fingerprint density at radius 2 is 2.00 bits per heavy atom. The summed E-state index contributed by atoms with van der Waals surface area (Å²) in [5.41, 5.74) is -0.611. The van der Waals surface area contributed by atoms with Crippen LogP contribution >= 0.6 is 0 Å². The average Bonchev–Trinajstić information content (AvgIpc) is 2.31. The lowest BCUT2D eigenvalue weighted by molar-refractivity contribution is -0.133. The van der Waals surface area contributed by atoms with E-state index in [1.807, 2.05) is 0 Å². The predicted molar refractivity (Wildman–Crippen MR) is 77.3 cm³/mol. The smallest absolute Gasteiger partial charge is 0.408 e. The van der Waals surface area contributed by atoms with Crippen LogP contribution in [-0.2, 0) is 9.53 Å². The molecule has 1 atom stereocenters. The van der Waals surface area contributed by atoms with Gasteiger partial charge in [0.2, 0.25) is 5.91 Å². The van der Waals surface area contributed by atoms with Crippen molar-refractivity contribution in [1.29, 1.82) is 0 Å². The maximum absolute atomic E-state index is 12.2. The summed E-state index contributed by atoms with van der Waals surface area (Å²) < 4.78 is 5.09. The molecule has 0 fully saturated rings. The molecule has 0 rings (SSSR count). The number of ether oxygens (including phenoxy) is 1. The van der Waals surface area contributed by atoms with Gasteiger partial charge < -0.3 is 20.1 Å². The maximum atomic E-state index is 12.2. The summed E-state index contributed by atoms with van der Waals surface area (Å²) in [6.07, 6.45) is 1.69. The first-order chi connectivity index (χ1) is 9.21. The first kappa shape index (κ1) is 18.4. The second-order valence-corrected chi connectivity index (χ2v) is 5.49. The Kier molecular flexibility index (Phi) is 7.91. The summed E-state index contributed by atoms with van der Waals surface area (Å²) in [5.74, 6) is -0.258. The van der Waals surface area contributed by atoms with E-state index in [-0.39, 0.29) is 19.1 Å². The summed E-state index contributed by atoms with van der Waals surface area (Å²) in [4.78, 5) is 25.2. The Bertz CT molecular complexity index is 337. The highest BCUT2D eigenvalue weighted by atomic mass is 16.6. The number of alkyl carbamates (subject to hydrolysis) is 1. The summed E-state index contributed by atoms with van der Waals surface area (Å²) in [6, 6.07) is -0.707. The number of amides is 2. The van der Waals surface area contributed by atoms with Gasteiger partial charge in [-0.2, -0.15) is 0 Å². The minimum Gasteiger partial charge on any atom is -0.444 e. The molecule has 2 N–H and O–H groups in total. The third kappa shape index (κ3) is 7.78. The van der Waals surface area contributed by atoms with Crippen molar-refractivity contribution >= 4 is 12.0 Å². The number of aliphatic hydroxyl groups excluding tert-OH is 1. The molecule has 0 aromatic heterocycles. The fourth-order valence-electron chi connectivity index (χ4n) is 1.52. The van der Waals surface area contributed by atoms with Gasteiger partial charge in [-0.1, -0.05) is 6.08 Å². The van der Waals surface area contributed by atoms with E-state index in [4.69, 9.17) is 9.84 Å². The molecule has 0 aromatic carbocycles. The van der Waals surface area contributed by atoms with E-state index >= 15 is 0 Å². The van der Waals surface area contributed by atoms with Gasteiger partial charge in [0.25, 0.3) is 0 Å². The number of hydrogen-bond acceptors (Lipinski definition) is 4. The zero-order chi connectivity index (χ0) is 15.8. The zero-order valence-electron chi connectivity index (χ0n) is 12.8. The van der Waals surface area contributed by atoms with Crippen LogP contribution in [0.4, 0.5) is 4.79 Å². The molecule has 20 heavy (non-hydrogen) atoms. The van der Waals surface area contributed by atoms with Crippen LogP contribution < -0.4 is 5.32 Å². The molecule has 0 unspecified atom stereocenters. The van der Waals surface area contributed by atoms with Crippen LogP contribution in [0.2, 0.25) is 0 Å². The van der Waals surface area contributed by atoms with Crippen molar-refractivity contribution in [1.82, 2.24) is 10.2 Å². The molecule has 0 aliphatic rings. The topological polar surface area (TPSA) is 78.9 Å². The van der Waals surface area contributed by atoms with E-state index in [0.717, 1.165) is 0 Å². The van der Waals surface area contributed by atoms with Crippen LogP contribution in [0.5, 0.6) is 0 Å². The maximum Gasteiger partial charge on any atom is 0.408 e. The van der Waals surface area contributed by atoms with Crippen molar-refractivity contribution in [3.05, 3.63) is 12.7 Å². The number of rotatable bonds is 7. The van der Waals surface area contributed by atoms with Gasteiger partial charge in [-0.15, -0.1) is 6.58 Å². The van der Waals surface area contributed by atoms with Crippen molar-refractivity contribution in [2.24, 2.45) is 0 Å². The highest BCUT2D eigenvalue weighted by molar-refractivity contribution is 5.85. The molecular weight excluding hydrogens is 260 g/mol. The first-order valence-corrected chi connectivity index (χ1v) is 6.71. The molecule has 2 amide bonds. The van der Waals surface area contributed by atoms with Gasteiger partial charge in [0, 0.05) is 13.1 Å². The van der Waals surface area contributed by atoms with Crippen LogP contribution in [0.25, 0.3) is 0 Å². The van der Waals surface area contributed by atoms with Crippen LogP contribution in [-0.4, -0.2) is 53.3 Å². The molecule has 6 heteroatoms. The van der Waals surface area contributed by atoms with E-state index in [0.29, 0.717) is 13.0 Å².